The number of phenolic OH excluding ortho intramolecular Hbond substituents is 1. The van der Waals surface area contributed by atoms with Crippen LogP contribution in [0.5, 0.6) is 5.75 Å². The molecule has 0 aromatic heterocycles. The number of carbonyl (C=O) groups excluding carboxylic acids is 2. The standard InChI is InChI=1S/C14H14N4O3/c1-2-4-9-5-3-6-10(12(9)19)7-15-17-13(20)11-8-16-18-14(11)21/h2-3,5-8,11,19H,1,4H2,(H,17,20)(H,18,21)/b15-7-/t11-/m1/s1. The van der Waals surface area contributed by atoms with Crippen molar-refractivity contribution in [3.8, 4) is 5.75 Å². The molecule has 0 fully saturated rings. The molecular formula is C14H14N4O3. The SMILES string of the molecule is C=CCc1cccc(/C=N\NC(=O)[C@H]2C=NNC2=O)c1O. The maximum Gasteiger partial charge on any atom is 0.258 e. The summed E-state index contributed by atoms with van der Waals surface area (Å²) in [5.41, 5.74) is 5.56. The van der Waals surface area contributed by atoms with Crippen molar-refractivity contribution < 1.29 is 14.7 Å². The Morgan fingerprint density at radius 3 is 3.05 bits per heavy atom. The average molecular weight is 286 g/mol. The van der Waals surface area contributed by atoms with Crippen molar-refractivity contribution in [2.45, 2.75) is 6.42 Å². The Balaban J connectivity index is 2.03. The van der Waals surface area contributed by atoms with E-state index < -0.39 is 17.7 Å². The number of nitrogens with zero attached hydrogens (tertiary/aromatic N) is 2. The molecule has 1 aliphatic heterocycles. The highest BCUT2D eigenvalue weighted by Crippen LogP contribution is 2.21. The minimum absolute atomic E-state index is 0.0792. The molecule has 1 heterocycles. The zero-order valence-corrected chi connectivity index (χ0v) is 11.1. The van der Waals surface area contributed by atoms with Crippen LogP contribution in [-0.4, -0.2) is 29.4 Å². The lowest BCUT2D eigenvalue weighted by Gasteiger charge is -2.05. The first-order valence-corrected chi connectivity index (χ1v) is 6.21. The highest BCUT2D eigenvalue weighted by molar-refractivity contribution is 6.15. The molecule has 7 nitrogen and oxygen atoms in total. The fourth-order valence-electron chi connectivity index (χ4n) is 1.77. The molecule has 0 unspecified atom stereocenters. The molecule has 0 bridgehead atoms. The summed E-state index contributed by atoms with van der Waals surface area (Å²) in [6.07, 6.45) is 4.72. The summed E-state index contributed by atoms with van der Waals surface area (Å²) in [5, 5.41) is 17.2. The molecule has 0 aliphatic carbocycles. The second kappa shape index (κ2) is 6.47. The zero-order valence-electron chi connectivity index (χ0n) is 11.1. The summed E-state index contributed by atoms with van der Waals surface area (Å²) in [5.74, 6) is -2.00. The summed E-state index contributed by atoms with van der Waals surface area (Å²) in [6.45, 7) is 3.61. The summed E-state index contributed by atoms with van der Waals surface area (Å²) in [7, 11) is 0. The number of aromatic hydroxyl groups is 1. The van der Waals surface area contributed by atoms with Gasteiger partial charge >= 0.3 is 0 Å². The third-order valence-electron chi connectivity index (χ3n) is 2.86. The molecule has 0 spiro atoms. The van der Waals surface area contributed by atoms with Crippen LogP contribution in [0, 0.1) is 5.92 Å². The number of amides is 2. The summed E-state index contributed by atoms with van der Waals surface area (Å²) in [4.78, 5) is 22.9. The minimum Gasteiger partial charge on any atom is -0.507 e. The second-order valence-electron chi connectivity index (χ2n) is 4.31. The molecule has 0 saturated heterocycles. The lowest BCUT2D eigenvalue weighted by atomic mass is 10.1. The van der Waals surface area contributed by atoms with E-state index in [-0.39, 0.29) is 5.75 Å². The van der Waals surface area contributed by atoms with E-state index in [0.717, 1.165) is 0 Å². The summed E-state index contributed by atoms with van der Waals surface area (Å²) in [6, 6.07) is 5.19. The molecule has 1 aromatic rings. The van der Waals surface area contributed by atoms with Gasteiger partial charge in [0.15, 0.2) is 5.92 Å². The number of hydrogen-bond donors (Lipinski definition) is 3. The molecular weight excluding hydrogens is 272 g/mol. The Morgan fingerprint density at radius 2 is 2.38 bits per heavy atom. The highest BCUT2D eigenvalue weighted by Gasteiger charge is 2.28. The number of benzene rings is 1. The monoisotopic (exact) mass is 286 g/mol. The third kappa shape index (κ3) is 3.33. The van der Waals surface area contributed by atoms with E-state index in [1.165, 1.54) is 12.4 Å². The molecule has 1 atom stereocenters. The van der Waals surface area contributed by atoms with Crippen LogP contribution in [-0.2, 0) is 16.0 Å². The van der Waals surface area contributed by atoms with Gasteiger partial charge in [-0.1, -0.05) is 18.2 Å². The molecule has 1 aliphatic rings. The Bertz CT molecular complexity index is 637. The van der Waals surface area contributed by atoms with Gasteiger partial charge in [0, 0.05) is 11.8 Å². The average Bonchev–Trinajstić information content (AvgIpc) is 2.89. The van der Waals surface area contributed by atoms with Gasteiger partial charge in [0.25, 0.3) is 11.8 Å². The largest absolute Gasteiger partial charge is 0.507 e. The molecule has 2 rings (SSSR count). The maximum absolute atomic E-state index is 11.6. The Kier molecular flexibility index (Phi) is 4.45. The van der Waals surface area contributed by atoms with Crippen molar-refractivity contribution in [1.29, 1.82) is 0 Å². The van der Waals surface area contributed by atoms with Crippen LogP contribution in [0.25, 0.3) is 0 Å². The number of rotatable bonds is 5. The van der Waals surface area contributed by atoms with E-state index in [1.54, 1.807) is 24.3 Å². The van der Waals surface area contributed by atoms with E-state index in [0.29, 0.717) is 17.5 Å². The fraction of sp³-hybridized carbons (Fsp3) is 0.143. The van der Waals surface area contributed by atoms with Crippen LogP contribution in [0.2, 0.25) is 0 Å². The molecule has 3 N–H and O–H groups in total. The number of hydrogen-bond acceptors (Lipinski definition) is 5. The topological polar surface area (TPSA) is 103 Å². The lowest BCUT2D eigenvalue weighted by Crippen LogP contribution is -2.34. The molecule has 0 saturated carbocycles. The van der Waals surface area contributed by atoms with E-state index in [2.05, 4.69) is 27.6 Å². The maximum atomic E-state index is 11.6. The smallest absolute Gasteiger partial charge is 0.258 e. The van der Waals surface area contributed by atoms with E-state index in [4.69, 9.17) is 0 Å². The van der Waals surface area contributed by atoms with Gasteiger partial charge in [-0.15, -0.1) is 6.58 Å². The number of carbonyl (C=O) groups is 2. The van der Waals surface area contributed by atoms with Gasteiger partial charge in [-0.2, -0.15) is 10.2 Å². The predicted octanol–water partition coefficient (Wildman–Crippen LogP) is 0.303. The Hall–Kier alpha value is -2.96. The van der Waals surface area contributed by atoms with Crippen molar-refractivity contribution >= 4 is 24.2 Å². The van der Waals surface area contributed by atoms with Crippen molar-refractivity contribution in [1.82, 2.24) is 10.9 Å². The Morgan fingerprint density at radius 1 is 1.57 bits per heavy atom. The first kappa shape index (κ1) is 14.4. The van der Waals surface area contributed by atoms with Gasteiger partial charge < -0.3 is 5.11 Å². The zero-order chi connectivity index (χ0) is 15.2. The quantitative estimate of drug-likeness (QED) is 0.314. The highest BCUT2D eigenvalue weighted by atomic mass is 16.3. The number of hydrazone groups is 2. The normalized spacial score (nSPS) is 17.0. The summed E-state index contributed by atoms with van der Waals surface area (Å²) >= 11 is 0. The lowest BCUT2D eigenvalue weighted by molar-refractivity contribution is -0.131. The van der Waals surface area contributed by atoms with Gasteiger partial charge in [0.2, 0.25) is 0 Å². The Labute approximate surface area is 121 Å². The number of nitrogens with one attached hydrogen (secondary N) is 2. The molecule has 1 aromatic carbocycles. The first-order chi connectivity index (χ1) is 10.1. The van der Waals surface area contributed by atoms with Crippen molar-refractivity contribution in [2.24, 2.45) is 16.1 Å². The number of para-hydroxylation sites is 1. The molecule has 0 radical (unpaired) electrons. The van der Waals surface area contributed by atoms with Crippen LogP contribution in [0.1, 0.15) is 11.1 Å². The molecule has 21 heavy (non-hydrogen) atoms. The van der Waals surface area contributed by atoms with Crippen LogP contribution in [0.3, 0.4) is 0 Å². The number of allylic oxidation sites excluding steroid dienone is 1. The van der Waals surface area contributed by atoms with E-state index >= 15 is 0 Å². The first-order valence-electron chi connectivity index (χ1n) is 6.21. The molecule has 108 valence electrons. The van der Waals surface area contributed by atoms with Crippen molar-refractivity contribution in [2.75, 3.05) is 0 Å². The third-order valence-corrected chi connectivity index (χ3v) is 2.86. The van der Waals surface area contributed by atoms with Gasteiger partial charge in [-0.3, -0.25) is 9.59 Å². The summed E-state index contributed by atoms with van der Waals surface area (Å²) < 4.78 is 0. The second-order valence-corrected chi connectivity index (χ2v) is 4.31. The van der Waals surface area contributed by atoms with Gasteiger partial charge in [-0.05, 0) is 18.1 Å². The molecule has 2 amide bonds. The van der Waals surface area contributed by atoms with Gasteiger partial charge in [0.1, 0.15) is 5.75 Å². The van der Waals surface area contributed by atoms with Gasteiger partial charge in [-0.25, -0.2) is 10.9 Å². The van der Waals surface area contributed by atoms with Gasteiger partial charge in [0.05, 0.1) is 6.21 Å². The fourth-order valence-corrected chi connectivity index (χ4v) is 1.77. The van der Waals surface area contributed by atoms with Crippen LogP contribution in [0.4, 0.5) is 0 Å². The van der Waals surface area contributed by atoms with Crippen LogP contribution >= 0.6 is 0 Å². The van der Waals surface area contributed by atoms with Crippen LogP contribution < -0.4 is 10.9 Å². The number of phenols is 1. The molecule has 7 heteroatoms. The van der Waals surface area contributed by atoms with E-state index in [1.807, 2.05) is 0 Å². The predicted molar refractivity (Wildman–Crippen MR) is 77.9 cm³/mol. The van der Waals surface area contributed by atoms with Crippen LogP contribution in [0.15, 0.2) is 41.1 Å². The van der Waals surface area contributed by atoms with Crippen molar-refractivity contribution in [3.63, 3.8) is 0 Å². The minimum atomic E-state index is -0.983. The van der Waals surface area contributed by atoms with E-state index in [9.17, 15) is 14.7 Å². The van der Waals surface area contributed by atoms with Crippen molar-refractivity contribution in [3.05, 3.63) is 42.0 Å².